The minimum absolute atomic E-state index is 0.127. The van der Waals surface area contributed by atoms with Crippen LogP contribution in [0.4, 0.5) is 0 Å². The van der Waals surface area contributed by atoms with E-state index in [0.717, 1.165) is 0 Å². The van der Waals surface area contributed by atoms with E-state index in [1.807, 2.05) is 23.1 Å². The van der Waals surface area contributed by atoms with Gasteiger partial charge in [0.1, 0.15) is 0 Å². The predicted molar refractivity (Wildman–Crippen MR) is 75.6 cm³/mol. The van der Waals surface area contributed by atoms with Crippen molar-refractivity contribution in [3.8, 4) is 0 Å². The Balaban J connectivity index is 2.84. The highest BCUT2D eigenvalue weighted by atomic mass is 127. The van der Waals surface area contributed by atoms with Crippen molar-refractivity contribution in [2.24, 2.45) is 0 Å². The van der Waals surface area contributed by atoms with Crippen LogP contribution in [0.1, 0.15) is 26.3 Å². The fourth-order valence-corrected chi connectivity index (χ4v) is 1.95. The summed E-state index contributed by atoms with van der Waals surface area (Å²) in [6, 6.07) is 10.1. The van der Waals surface area contributed by atoms with Gasteiger partial charge in [-0.2, -0.15) is 0 Å². The summed E-state index contributed by atoms with van der Waals surface area (Å²) < 4.78 is 0.530. The van der Waals surface area contributed by atoms with Crippen molar-refractivity contribution in [1.29, 1.82) is 0 Å². The second kappa shape index (κ2) is 5.66. The molecule has 0 fully saturated rings. The lowest BCUT2D eigenvalue weighted by atomic mass is 10.0. The van der Waals surface area contributed by atoms with Gasteiger partial charge < -0.3 is 4.90 Å². The number of rotatable bonds is 3. The zero-order chi connectivity index (χ0) is 12.2. The third-order valence-electron chi connectivity index (χ3n) is 2.41. The van der Waals surface area contributed by atoms with Crippen molar-refractivity contribution in [1.82, 2.24) is 4.90 Å². The van der Waals surface area contributed by atoms with Crippen LogP contribution in [0.25, 0.3) is 0 Å². The van der Waals surface area contributed by atoms with Gasteiger partial charge in [-0.1, -0.05) is 52.9 Å². The summed E-state index contributed by atoms with van der Waals surface area (Å²) in [7, 11) is 0. The number of hydrogen-bond acceptors (Lipinski definition) is 1. The first-order chi connectivity index (χ1) is 7.45. The number of alkyl halides is 1. The molecule has 0 saturated carbocycles. The first-order valence-electron chi connectivity index (χ1n) is 5.35. The fraction of sp³-hybridized carbons (Fsp3) is 0.462. The topological polar surface area (TPSA) is 20.3 Å². The standard InChI is InChI=1S/C13H18INO/c1-13(2,3)15(12(16)9-14)10-11-7-5-4-6-8-11/h4-8H,9-10H2,1-3H3. The van der Waals surface area contributed by atoms with Crippen molar-refractivity contribution in [3.63, 3.8) is 0 Å². The molecule has 3 heteroatoms. The molecule has 0 aliphatic carbocycles. The Morgan fingerprint density at radius 1 is 1.25 bits per heavy atom. The molecule has 0 aliphatic rings. The van der Waals surface area contributed by atoms with Gasteiger partial charge in [-0.05, 0) is 26.3 Å². The molecular weight excluding hydrogens is 313 g/mol. The molecule has 0 unspecified atom stereocenters. The largest absolute Gasteiger partial charge is 0.333 e. The molecule has 0 saturated heterocycles. The summed E-state index contributed by atoms with van der Waals surface area (Å²) in [5, 5.41) is 0. The number of carbonyl (C=O) groups excluding carboxylic acids is 1. The molecule has 1 rings (SSSR count). The van der Waals surface area contributed by atoms with E-state index < -0.39 is 0 Å². The van der Waals surface area contributed by atoms with Gasteiger partial charge in [-0.25, -0.2) is 0 Å². The molecule has 16 heavy (non-hydrogen) atoms. The van der Waals surface area contributed by atoms with E-state index in [-0.39, 0.29) is 11.4 Å². The van der Waals surface area contributed by atoms with Crippen LogP contribution < -0.4 is 0 Å². The predicted octanol–water partition coefficient (Wildman–Crippen LogP) is 3.25. The molecule has 0 heterocycles. The third-order valence-corrected chi connectivity index (χ3v) is 3.06. The Hall–Kier alpha value is -0.580. The normalized spacial score (nSPS) is 11.2. The maximum Gasteiger partial charge on any atom is 0.233 e. The molecule has 1 amide bonds. The average molecular weight is 331 g/mol. The van der Waals surface area contributed by atoms with Gasteiger partial charge in [-0.15, -0.1) is 0 Å². The van der Waals surface area contributed by atoms with Crippen LogP contribution in [0.2, 0.25) is 0 Å². The summed E-state index contributed by atoms with van der Waals surface area (Å²) in [5.74, 6) is 0.192. The van der Waals surface area contributed by atoms with Crippen molar-refractivity contribution < 1.29 is 4.79 Å². The van der Waals surface area contributed by atoms with Crippen LogP contribution >= 0.6 is 22.6 Å². The molecular formula is C13H18INO. The summed E-state index contributed by atoms with van der Waals surface area (Å²) in [5.41, 5.74) is 1.05. The van der Waals surface area contributed by atoms with Crippen LogP contribution in [0.15, 0.2) is 30.3 Å². The lowest BCUT2D eigenvalue weighted by Gasteiger charge is -2.35. The van der Waals surface area contributed by atoms with Crippen LogP contribution in [-0.4, -0.2) is 20.8 Å². The Labute approximate surface area is 111 Å². The smallest absolute Gasteiger partial charge is 0.233 e. The SMILES string of the molecule is CC(C)(C)N(Cc1ccccc1)C(=O)CI. The van der Waals surface area contributed by atoms with Gasteiger partial charge in [0.05, 0.1) is 4.43 Å². The molecule has 1 aromatic rings. The van der Waals surface area contributed by atoms with Crippen LogP contribution in [0.3, 0.4) is 0 Å². The van der Waals surface area contributed by atoms with E-state index in [1.165, 1.54) is 5.56 Å². The monoisotopic (exact) mass is 331 g/mol. The number of halogens is 1. The maximum absolute atomic E-state index is 11.9. The highest BCUT2D eigenvalue weighted by Crippen LogP contribution is 2.18. The van der Waals surface area contributed by atoms with Crippen molar-refractivity contribution in [3.05, 3.63) is 35.9 Å². The van der Waals surface area contributed by atoms with Gasteiger partial charge in [0.25, 0.3) is 0 Å². The van der Waals surface area contributed by atoms with Crippen LogP contribution in [0.5, 0.6) is 0 Å². The molecule has 0 bridgehead atoms. The summed E-state index contributed by atoms with van der Waals surface area (Å²) in [4.78, 5) is 13.8. The Kier molecular flexibility index (Phi) is 4.77. The minimum Gasteiger partial charge on any atom is -0.333 e. The summed E-state index contributed by atoms with van der Waals surface area (Å²) in [6.07, 6.45) is 0. The Morgan fingerprint density at radius 2 is 1.81 bits per heavy atom. The van der Waals surface area contributed by atoms with E-state index in [4.69, 9.17) is 0 Å². The number of nitrogens with zero attached hydrogens (tertiary/aromatic N) is 1. The summed E-state index contributed by atoms with van der Waals surface area (Å²) >= 11 is 2.12. The number of benzene rings is 1. The van der Waals surface area contributed by atoms with Gasteiger partial charge in [0.2, 0.25) is 5.91 Å². The van der Waals surface area contributed by atoms with Gasteiger partial charge in [0.15, 0.2) is 0 Å². The van der Waals surface area contributed by atoms with Crippen LogP contribution in [-0.2, 0) is 11.3 Å². The van der Waals surface area contributed by atoms with E-state index in [9.17, 15) is 4.79 Å². The Bertz CT molecular complexity index is 343. The van der Waals surface area contributed by atoms with Crippen molar-refractivity contribution in [2.45, 2.75) is 32.9 Å². The lowest BCUT2D eigenvalue weighted by Crippen LogP contribution is -2.45. The second-order valence-electron chi connectivity index (χ2n) is 4.77. The first-order valence-corrected chi connectivity index (χ1v) is 6.88. The molecule has 2 nitrogen and oxygen atoms in total. The lowest BCUT2D eigenvalue weighted by molar-refractivity contribution is -0.133. The van der Waals surface area contributed by atoms with Gasteiger partial charge in [-0.3, -0.25) is 4.79 Å². The number of hydrogen-bond donors (Lipinski definition) is 0. The number of amides is 1. The van der Waals surface area contributed by atoms with E-state index in [1.54, 1.807) is 0 Å². The van der Waals surface area contributed by atoms with Crippen molar-refractivity contribution in [2.75, 3.05) is 4.43 Å². The summed E-state index contributed by atoms with van der Waals surface area (Å²) in [6.45, 7) is 6.90. The molecule has 0 spiro atoms. The fourth-order valence-electron chi connectivity index (χ4n) is 1.54. The molecule has 88 valence electrons. The average Bonchev–Trinajstić information content (AvgIpc) is 2.25. The van der Waals surface area contributed by atoms with Crippen molar-refractivity contribution >= 4 is 28.5 Å². The second-order valence-corrected chi connectivity index (χ2v) is 5.53. The quantitative estimate of drug-likeness (QED) is 0.615. The molecule has 0 N–H and O–H groups in total. The maximum atomic E-state index is 11.9. The van der Waals surface area contributed by atoms with Gasteiger partial charge >= 0.3 is 0 Å². The Morgan fingerprint density at radius 3 is 2.25 bits per heavy atom. The van der Waals surface area contributed by atoms with E-state index in [2.05, 4.69) is 55.5 Å². The third kappa shape index (κ3) is 3.77. The van der Waals surface area contributed by atoms with Gasteiger partial charge in [0, 0.05) is 12.1 Å². The molecule has 1 aromatic carbocycles. The molecule has 0 radical (unpaired) electrons. The number of carbonyl (C=O) groups is 1. The first kappa shape index (κ1) is 13.5. The minimum atomic E-state index is -0.127. The highest BCUT2D eigenvalue weighted by molar-refractivity contribution is 14.1. The van der Waals surface area contributed by atoms with E-state index in [0.29, 0.717) is 11.0 Å². The van der Waals surface area contributed by atoms with E-state index >= 15 is 0 Å². The van der Waals surface area contributed by atoms with Crippen LogP contribution in [0, 0.1) is 0 Å². The zero-order valence-electron chi connectivity index (χ0n) is 10.0. The highest BCUT2D eigenvalue weighted by Gasteiger charge is 2.25. The molecule has 0 atom stereocenters. The molecule has 0 aliphatic heterocycles. The zero-order valence-corrected chi connectivity index (χ0v) is 12.2. The molecule has 0 aromatic heterocycles.